The molecule has 0 bridgehead atoms. The van der Waals surface area contributed by atoms with Crippen LogP contribution in [0, 0.1) is 0 Å². The summed E-state index contributed by atoms with van der Waals surface area (Å²) in [6, 6.07) is 5.96. The predicted molar refractivity (Wildman–Crippen MR) is 74.3 cm³/mol. The van der Waals surface area contributed by atoms with E-state index in [9.17, 15) is 21.6 Å². The maximum absolute atomic E-state index is 12.5. The third-order valence-corrected chi connectivity index (χ3v) is 4.74. The minimum Gasteiger partial charge on any atom is -0.313 e. The molecule has 0 radical (unpaired) electrons. The number of hydrogen-bond acceptors (Lipinski definition) is 3. The Kier molecular flexibility index (Phi) is 6.18. The van der Waals surface area contributed by atoms with E-state index in [1.807, 2.05) is 6.92 Å². The van der Waals surface area contributed by atoms with Gasteiger partial charge in [0.15, 0.2) is 0 Å². The van der Waals surface area contributed by atoms with Crippen molar-refractivity contribution >= 4 is 10.0 Å². The van der Waals surface area contributed by atoms with E-state index >= 15 is 0 Å². The van der Waals surface area contributed by atoms with Crippen LogP contribution in [0.1, 0.15) is 19.4 Å². The summed E-state index contributed by atoms with van der Waals surface area (Å²) in [5.41, 5.74) is 0.709. The molecule has 0 unspecified atom stereocenters. The highest BCUT2D eigenvalue weighted by Crippen LogP contribution is 2.23. The quantitative estimate of drug-likeness (QED) is 0.838. The first-order valence-electron chi connectivity index (χ1n) is 6.57. The smallest absolute Gasteiger partial charge is 0.313 e. The van der Waals surface area contributed by atoms with Crippen molar-refractivity contribution in [1.29, 1.82) is 0 Å². The number of nitrogens with one attached hydrogen (secondary N) is 1. The molecule has 8 heteroatoms. The molecule has 0 amide bonds. The van der Waals surface area contributed by atoms with E-state index in [4.69, 9.17) is 0 Å². The van der Waals surface area contributed by atoms with Crippen LogP contribution in [0.5, 0.6) is 0 Å². The number of halogens is 3. The molecule has 0 heterocycles. The molecule has 1 aromatic carbocycles. The number of benzene rings is 1. The minimum atomic E-state index is -4.57. The SMILES string of the molecule is CCNCc1cccc(S(=O)(=O)N(CC)CC(F)(F)F)c1. The summed E-state index contributed by atoms with van der Waals surface area (Å²) >= 11 is 0. The molecule has 4 nitrogen and oxygen atoms in total. The van der Waals surface area contributed by atoms with Crippen LogP contribution in [0.2, 0.25) is 0 Å². The number of alkyl halides is 3. The summed E-state index contributed by atoms with van der Waals surface area (Å²) in [5.74, 6) is 0. The van der Waals surface area contributed by atoms with E-state index in [1.165, 1.54) is 25.1 Å². The van der Waals surface area contributed by atoms with Gasteiger partial charge in [0, 0.05) is 13.1 Å². The number of nitrogens with zero attached hydrogens (tertiary/aromatic N) is 1. The molecule has 0 saturated heterocycles. The number of hydrogen-bond donors (Lipinski definition) is 1. The first-order chi connectivity index (χ1) is 9.70. The molecule has 1 N–H and O–H groups in total. The molecular weight excluding hydrogens is 305 g/mol. The van der Waals surface area contributed by atoms with E-state index < -0.39 is 22.7 Å². The number of rotatable bonds is 7. The van der Waals surface area contributed by atoms with Crippen LogP contribution in [0.4, 0.5) is 13.2 Å². The fourth-order valence-electron chi connectivity index (χ4n) is 1.80. The maximum atomic E-state index is 12.5. The maximum Gasteiger partial charge on any atom is 0.402 e. The topological polar surface area (TPSA) is 49.4 Å². The summed E-state index contributed by atoms with van der Waals surface area (Å²) in [7, 11) is -4.15. The average Bonchev–Trinajstić information content (AvgIpc) is 2.41. The van der Waals surface area contributed by atoms with Crippen LogP contribution in [-0.4, -0.2) is 38.5 Å². The van der Waals surface area contributed by atoms with Gasteiger partial charge < -0.3 is 5.32 Å². The standard InChI is InChI=1S/C13H19F3N2O2S/c1-3-17-9-11-6-5-7-12(8-11)21(19,20)18(4-2)10-13(14,15)16/h5-8,17H,3-4,9-10H2,1-2H3. The van der Waals surface area contributed by atoms with Gasteiger partial charge in [0.2, 0.25) is 10.0 Å². The first kappa shape index (κ1) is 17.9. The highest BCUT2D eigenvalue weighted by atomic mass is 32.2. The molecular formula is C13H19F3N2O2S. The van der Waals surface area contributed by atoms with E-state index in [-0.39, 0.29) is 11.4 Å². The van der Waals surface area contributed by atoms with Gasteiger partial charge in [0.05, 0.1) is 4.90 Å². The van der Waals surface area contributed by atoms with Crippen molar-refractivity contribution < 1.29 is 21.6 Å². The van der Waals surface area contributed by atoms with Gasteiger partial charge in [0.1, 0.15) is 6.54 Å². The third-order valence-electron chi connectivity index (χ3n) is 2.82. The largest absolute Gasteiger partial charge is 0.402 e. The van der Waals surface area contributed by atoms with Crippen molar-refractivity contribution in [3.05, 3.63) is 29.8 Å². The lowest BCUT2D eigenvalue weighted by molar-refractivity contribution is -0.135. The molecule has 0 spiro atoms. The molecule has 0 aliphatic heterocycles. The summed E-state index contributed by atoms with van der Waals surface area (Å²) in [6.45, 7) is 2.74. The molecule has 1 aromatic rings. The highest BCUT2D eigenvalue weighted by molar-refractivity contribution is 7.89. The van der Waals surface area contributed by atoms with Crippen LogP contribution >= 0.6 is 0 Å². The summed E-state index contributed by atoms with van der Waals surface area (Å²) in [6.07, 6.45) is -4.57. The van der Waals surface area contributed by atoms with Crippen LogP contribution in [-0.2, 0) is 16.6 Å². The van der Waals surface area contributed by atoms with Crippen LogP contribution in [0.15, 0.2) is 29.2 Å². The normalized spacial score (nSPS) is 12.9. The Balaban J connectivity index is 3.05. The van der Waals surface area contributed by atoms with Crippen LogP contribution in [0.3, 0.4) is 0 Å². The molecule has 0 aliphatic rings. The second-order valence-corrected chi connectivity index (χ2v) is 6.41. The van der Waals surface area contributed by atoms with Gasteiger partial charge in [-0.25, -0.2) is 8.42 Å². The second kappa shape index (κ2) is 7.24. The van der Waals surface area contributed by atoms with E-state index in [0.717, 1.165) is 0 Å². The second-order valence-electron chi connectivity index (χ2n) is 4.47. The Morgan fingerprint density at radius 2 is 1.90 bits per heavy atom. The van der Waals surface area contributed by atoms with Crippen molar-refractivity contribution in [2.24, 2.45) is 0 Å². The van der Waals surface area contributed by atoms with Crippen molar-refractivity contribution in [3.8, 4) is 0 Å². The average molecular weight is 324 g/mol. The van der Waals surface area contributed by atoms with Crippen molar-refractivity contribution in [2.45, 2.75) is 31.5 Å². The minimum absolute atomic E-state index is 0.121. The molecule has 120 valence electrons. The first-order valence-corrected chi connectivity index (χ1v) is 8.01. The van der Waals surface area contributed by atoms with Gasteiger partial charge in [-0.1, -0.05) is 26.0 Å². The molecule has 1 rings (SSSR count). The van der Waals surface area contributed by atoms with Gasteiger partial charge in [-0.2, -0.15) is 17.5 Å². The zero-order chi connectivity index (χ0) is 16.1. The fraction of sp³-hybridized carbons (Fsp3) is 0.538. The van der Waals surface area contributed by atoms with Gasteiger partial charge in [-0.15, -0.1) is 0 Å². The lowest BCUT2D eigenvalue weighted by Crippen LogP contribution is -2.38. The lowest BCUT2D eigenvalue weighted by Gasteiger charge is -2.22. The Bertz CT molecular complexity index is 559. The molecule has 21 heavy (non-hydrogen) atoms. The van der Waals surface area contributed by atoms with Crippen molar-refractivity contribution in [3.63, 3.8) is 0 Å². The third kappa shape index (κ3) is 5.29. The van der Waals surface area contributed by atoms with Crippen molar-refractivity contribution in [2.75, 3.05) is 19.6 Å². The summed E-state index contributed by atoms with van der Waals surface area (Å²) < 4.78 is 62.4. The van der Waals surface area contributed by atoms with E-state index in [0.29, 0.717) is 23.0 Å². The van der Waals surface area contributed by atoms with Gasteiger partial charge in [-0.05, 0) is 24.2 Å². The zero-order valence-corrected chi connectivity index (χ0v) is 12.8. The Labute approximate surface area is 123 Å². The molecule has 0 fully saturated rings. The predicted octanol–water partition coefficient (Wildman–Crippen LogP) is 2.37. The fourth-order valence-corrected chi connectivity index (χ4v) is 3.31. The summed E-state index contributed by atoms with van der Waals surface area (Å²) in [4.78, 5) is -0.121. The zero-order valence-electron chi connectivity index (χ0n) is 11.9. The van der Waals surface area contributed by atoms with E-state index in [1.54, 1.807) is 6.07 Å². The van der Waals surface area contributed by atoms with Gasteiger partial charge in [0.25, 0.3) is 0 Å². The van der Waals surface area contributed by atoms with Crippen LogP contribution < -0.4 is 5.32 Å². The molecule has 0 atom stereocenters. The van der Waals surface area contributed by atoms with Gasteiger partial charge in [-0.3, -0.25) is 0 Å². The highest BCUT2D eigenvalue weighted by Gasteiger charge is 2.36. The van der Waals surface area contributed by atoms with Crippen molar-refractivity contribution in [1.82, 2.24) is 9.62 Å². The molecule has 0 saturated carbocycles. The molecule has 0 aliphatic carbocycles. The number of sulfonamides is 1. The Morgan fingerprint density at radius 3 is 2.43 bits per heavy atom. The lowest BCUT2D eigenvalue weighted by atomic mass is 10.2. The Morgan fingerprint density at radius 1 is 1.24 bits per heavy atom. The van der Waals surface area contributed by atoms with Gasteiger partial charge >= 0.3 is 6.18 Å². The van der Waals surface area contributed by atoms with Crippen LogP contribution in [0.25, 0.3) is 0 Å². The summed E-state index contributed by atoms with van der Waals surface area (Å²) in [5, 5.41) is 3.04. The Hall–Kier alpha value is -1.12. The monoisotopic (exact) mass is 324 g/mol. The van der Waals surface area contributed by atoms with E-state index in [2.05, 4.69) is 5.32 Å². The molecule has 0 aromatic heterocycles.